The molecule has 0 aliphatic rings. The summed E-state index contributed by atoms with van der Waals surface area (Å²) in [5.74, 6) is -1.72. The third-order valence-electron chi connectivity index (χ3n) is 4.47. The molecule has 0 radical (unpaired) electrons. The number of esters is 1. The fraction of sp³-hybridized carbons (Fsp3) is 0.136. The van der Waals surface area contributed by atoms with Crippen LogP contribution in [0.25, 0.3) is 16.6 Å². The molecule has 2 aromatic carbocycles. The summed E-state index contributed by atoms with van der Waals surface area (Å²) in [6, 6.07) is 11.1. The number of nitrogens with zero attached hydrogens (tertiary/aromatic N) is 2. The van der Waals surface area contributed by atoms with Crippen molar-refractivity contribution >= 4 is 28.6 Å². The van der Waals surface area contributed by atoms with Crippen LogP contribution in [0.1, 0.15) is 23.0 Å². The van der Waals surface area contributed by atoms with E-state index in [9.17, 15) is 18.4 Å². The number of benzene rings is 2. The summed E-state index contributed by atoms with van der Waals surface area (Å²) in [6.07, 6.45) is 1.36. The van der Waals surface area contributed by atoms with Gasteiger partial charge < -0.3 is 9.15 Å². The Kier molecular flexibility index (Phi) is 5.85. The zero-order chi connectivity index (χ0) is 22.0. The molecule has 9 heteroatoms. The van der Waals surface area contributed by atoms with Crippen molar-refractivity contribution in [1.82, 2.24) is 9.55 Å². The first-order chi connectivity index (χ1) is 15.0. The summed E-state index contributed by atoms with van der Waals surface area (Å²) in [6.45, 7) is 1.91. The van der Waals surface area contributed by atoms with Crippen LogP contribution in [0.15, 0.2) is 69.2 Å². The Morgan fingerprint density at radius 2 is 2.00 bits per heavy atom. The van der Waals surface area contributed by atoms with E-state index in [2.05, 4.69) is 4.98 Å². The van der Waals surface area contributed by atoms with E-state index >= 15 is 0 Å². The van der Waals surface area contributed by atoms with Gasteiger partial charge in [-0.25, -0.2) is 18.6 Å². The van der Waals surface area contributed by atoms with Crippen molar-refractivity contribution < 1.29 is 22.7 Å². The van der Waals surface area contributed by atoms with Crippen LogP contribution >= 0.6 is 11.8 Å². The number of rotatable bonds is 6. The maximum Gasteiger partial charge on any atom is 0.341 e. The summed E-state index contributed by atoms with van der Waals surface area (Å²) in [5, 5.41) is 0.459. The van der Waals surface area contributed by atoms with E-state index in [0.717, 1.165) is 22.4 Å². The van der Waals surface area contributed by atoms with E-state index in [-0.39, 0.29) is 28.8 Å². The highest BCUT2D eigenvalue weighted by Crippen LogP contribution is 2.27. The summed E-state index contributed by atoms with van der Waals surface area (Å²) in [5.41, 5.74) is 0.0664. The van der Waals surface area contributed by atoms with Gasteiger partial charge in [0, 0.05) is 6.07 Å². The van der Waals surface area contributed by atoms with Crippen molar-refractivity contribution in [3.63, 3.8) is 0 Å². The highest BCUT2D eigenvalue weighted by Gasteiger charge is 2.20. The lowest BCUT2D eigenvalue weighted by atomic mass is 10.2. The van der Waals surface area contributed by atoms with Crippen LogP contribution in [0, 0.1) is 11.6 Å². The lowest BCUT2D eigenvalue weighted by Gasteiger charge is -2.14. The standard InChI is InChI=1S/C22H16F2N2O4S/c1-2-29-21(28)15-9-10-30-19(15)12-31-22-25-17-6-4-3-5-14(17)20(27)26(22)18-8-7-13(23)11-16(18)24/h3-11H,2,12H2,1H3. The van der Waals surface area contributed by atoms with Gasteiger partial charge in [-0.3, -0.25) is 9.36 Å². The summed E-state index contributed by atoms with van der Waals surface area (Å²) < 4.78 is 39.5. The van der Waals surface area contributed by atoms with Gasteiger partial charge in [0.2, 0.25) is 0 Å². The number of aromatic nitrogens is 2. The molecule has 0 spiro atoms. The first-order valence-electron chi connectivity index (χ1n) is 9.33. The van der Waals surface area contributed by atoms with Crippen molar-refractivity contribution in [2.24, 2.45) is 0 Å². The van der Waals surface area contributed by atoms with Gasteiger partial charge in [0.25, 0.3) is 5.56 Å². The van der Waals surface area contributed by atoms with Gasteiger partial charge in [-0.1, -0.05) is 23.9 Å². The van der Waals surface area contributed by atoms with Crippen molar-refractivity contribution in [1.29, 1.82) is 0 Å². The Morgan fingerprint density at radius 1 is 1.19 bits per heavy atom. The monoisotopic (exact) mass is 442 g/mol. The van der Waals surface area contributed by atoms with Crippen LogP contribution in [0.2, 0.25) is 0 Å². The molecule has 0 N–H and O–H groups in total. The Labute approximate surface area is 179 Å². The molecular weight excluding hydrogens is 426 g/mol. The zero-order valence-electron chi connectivity index (χ0n) is 16.3. The molecule has 0 atom stereocenters. The number of hydrogen-bond donors (Lipinski definition) is 0. The van der Waals surface area contributed by atoms with Crippen LogP contribution in [-0.2, 0) is 10.5 Å². The van der Waals surface area contributed by atoms with Gasteiger partial charge in [-0.2, -0.15) is 0 Å². The van der Waals surface area contributed by atoms with E-state index in [1.807, 2.05) is 0 Å². The second-order valence-corrected chi connectivity index (χ2v) is 7.36. The normalized spacial score (nSPS) is 11.1. The number of hydrogen-bond acceptors (Lipinski definition) is 6. The number of ether oxygens (including phenoxy) is 1. The van der Waals surface area contributed by atoms with Crippen molar-refractivity contribution in [3.05, 3.63) is 88.1 Å². The predicted octanol–water partition coefficient (Wildman–Crippen LogP) is 4.73. The number of carbonyl (C=O) groups excluding carboxylic acids is 1. The smallest absolute Gasteiger partial charge is 0.341 e. The molecule has 0 amide bonds. The Bertz CT molecular complexity index is 1330. The number of furan rings is 1. The lowest BCUT2D eigenvalue weighted by Crippen LogP contribution is -2.22. The number of thioether (sulfide) groups is 1. The highest BCUT2D eigenvalue weighted by atomic mass is 32.2. The molecule has 2 aromatic heterocycles. The molecule has 4 rings (SSSR count). The van der Waals surface area contributed by atoms with E-state index in [1.54, 1.807) is 31.2 Å². The molecule has 0 aliphatic carbocycles. The van der Waals surface area contributed by atoms with Crippen LogP contribution in [0.4, 0.5) is 8.78 Å². The Hall–Kier alpha value is -3.46. The number of carbonyl (C=O) groups is 1. The maximum absolute atomic E-state index is 14.5. The van der Waals surface area contributed by atoms with Crippen molar-refractivity contribution in [2.75, 3.05) is 6.61 Å². The van der Waals surface area contributed by atoms with Gasteiger partial charge >= 0.3 is 5.97 Å². The minimum absolute atomic E-state index is 0.128. The number of fused-ring (bicyclic) bond motifs is 1. The highest BCUT2D eigenvalue weighted by molar-refractivity contribution is 7.98. The van der Waals surface area contributed by atoms with Crippen LogP contribution < -0.4 is 5.56 Å². The SMILES string of the molecule is CCOC(=O)c1ccoc1CSc1nc2ccccc2c(=O)n1-c1ccc(F)cc1F. The van der Waals surface area contributed by atoms with Gasteiger partial charge in [-0.15, -0.1) is 0 Å². The van der Waals surface area contributed by atoms with E-state index in [4.69, 9.17) is 9.15 Å². The topological polar surface area (TPSA) is 74.3 Å². The molecule has 0 aliphatic heterocycles. The molecule has 0 saturated carbocycles. The second-order valence-electron chi connectivity index (χ2n) is 6.41. The largest absolute Gasteiger partial charge is 0.468 e. The van der Waals surface area contributed by atoms with E-state index in [1.165, 1.54) is 18.4 Å². The lowest BCUT2D eigenvalue weighted by molar-refractivity contribution is 0.0524. The maximum atomic E-state index is 14.5. The van der Waals surface area contributed by atoms with Gasteiger partial charge in [0.1, 0.15) is 23.0 Å². The molecule has 31 heavy (non-hydrogen) atoms. The fourth-order valence-corrected chi connectivity index (χ4v) is 4.01. The summed E-state index contributed by atoms with van der Waals surface area (Å²) >= 11 is 1.08. The first-order valence-corrected chi connectivity index (χ1v) is 10.3. The molecular formula is C22H16F2N2O4S. The van der Waals surface area contributed by atoms with Gasteiger partial charge in [0.15, 0.2) is 5.16 Å². The Morgan fingerprint density at radius 3 is 2.77 bits per heavy atom. The van der Waals surface area contributed by atoms with E-state index < -0.39 is 23.2 Å². The third kappa shape index (κ3) is 4.09. The molecule has 6 nitrogen and oxygen atoms in total. The van der Waals surface area contributed by atoms with E-state index in [0.29, 0.717) is 22.7 Å². The average Bonchev–Trinajstić information content (AvgIpc) is 3.22. The minimum Gasteiger partial charge on any atom is -0.468 e. The van der Waals surface area contributed by atoms with Crippen molar-refractivity contribution in [3.8, 4) is 5.69 Å². The second kappa shape index (κ2) is 8.73. The van der Waals surface area contributed by atoms with Gasteiger partial charge in [0.05, 0.1) is 35.2 Å². The quantitative estimate of drug-likeness (QED) is 0.244. The molecule has 158 valence electrons. The Balaban J connectivity index is 1.80. The first kappa shape index (κ1) is 20.8. The third-order valence-corrected chi connectivity index (χ3v) is 5.41. The minimum atomic E-state index is -0.897. The average molecular weight is 442 g/mol. The zero-order valence-corrected chi connectivity index (χ0v) is 17.1. The van der Waals surface area contributed by atoms with Crippen molar-refractivity contribution in [2.45, 2.75) is 17.8 Å². The molecule has 0 fully saturated rings. The number of halogens is 2. The van der Waals surface area contributed by atoms with Crippen LogP contribution in [-0.4, -0.2) is 22.1 Å². The summed E-state index contributed by atoms with van der Waals surface area (Å²) in [7, 11) is 0. The predicted molar refractivity (Wildman–Crippen MR) is 111 cm³/mol. The molecule has 0 saturated heterocycles. The molecule has 0 bridgehead atoms. The van der Waals surface area contributed by atoms with Crippen LogP contribution in [0.5, 0.6) is 0 Å². The van der Waals surface area contributed by atoms with Gasteiger partial charge in [-0.05, 0) is 37.3 Å². The van der Waals surface area contributed by atoms with Crippen LogP contribution in [0.3, 0.4) is 0 Å². The molecule has 4 aromatic rings. The molecule has 2 heterocycles. The molecule has 0 unspecified atom stereocenters. The fourth-order valence-electron chi connectivity index (χ4n) is 3.06. The number of para-hydroxylation sites is 1. The summed E-state index contributed by atoms with van der Waals surface area (Å²) in [4.78, 5) is 29.7.